The molecular weight excluding hydrogens is 372 g/mol. The highest BCUT2D eigenvalue weighted by Gasteiger charge is 2.13. The Labute approximate surface area is 166 Å². The molecule has 28 heavy (non-hydrogen) atoms. The number of rotatable bonds is 18. The number of amides is 3. The number of nitrogens with one attached hydrogen (secondary N) is 4. The van der Waals surface area contributed by atoms with Crippen LogP contribution in [-0.2, 0) is 33.3 Å². The molecule has 164 valence electrons. The van der Waals surface area contributed by atoms with Crippen molar-refractivity contribution in [2.75, 3.05) is 80.0 Å². The van der Waals surface area contributed by atoms with Gasteiger partial charge in [0.05, 0.1) is 39.6 Å². The summed E-state index contributed by atoms with van der Waals surface area (Å²) in [5.74, 6) is -0.880. The number of hydrogen-bond donors (Lipinski definition) is 4. The second-order valence-corrected chi connectivity index (χ2v) is 5.69. The van der Waals surface area contributed by atoms with Gasteiger partial charge in [-0.1, -0.05) is 0 Å². The van der Waals surface area contributed by atoms with Gasteiger partial charge in [-0.2, -0.15) is 0 Å². The molecule has 1 atom stereocenters. The zero-order chi connectivity index (χ0) is 21.0. The van der Waals surface area contributed by atoms with Gasteiger partial charge in [0.2, 0.25) is 17.7 Å². The van der Waals surface area contributed by atoms with Crippen LogP contribution in [-0.4, -0.2) is 104 Å². The summed E-state index contributed by atoms with van der Waals surface area (Å²) >= 11 is 0. The molecule has 0 aliphatic heterocycles. The summed E-state index contributed by atoms with van der Waals surface area (Å²) < 4.78 is 20.9. The number of carbonyl (C=O) groups excluding carboxylic acids is 3. The van der Waals surface area contributed by atoms with Gasteiger partial charge in [-0.15, -0.1) is 0 Å². The van der Waals surface area contributed by atoms with E-state index < -0.39 is 6.04 Å². The fourth-order valence-corrected chi connectivity index (χ4v) is 1.82. The number of hydrogen-bond acceptors (Lipinski definition) is 8. The van der Waals surface area contributed by atoms with E-state index in [0.717, 1.165) is 6.54 Å². The van der Waals surface area contributed by atoms with Crippen molar-refractivity contribution in [2.45, 2.75) is 13.0 Å². The third-order valence-electron chi connectivity index (χ3n) is 3.29. The molecule has 11 nitrogen and oxygen atoms in total. The second-order valence-electron chi connectivity index (χ2n) is 5.69. The van der Waals surface area contributed by atoms with Gasteiger partial charge in [-0.25, -0.2) is 0 Å². The lowest BCUT2D eigenvalue weighted by molar-refractivity contribution is -0.131. The SMILES string of the molecule is CNCCOCCOCC(=O)NCCOCCOCC(=O)NC(C)C(=O)NC. The lowest BCUT2D eigenvalue weighted by atomic mass is 10.3. The Balaban J connectivity index is 3.39. The zero-order valence-corrected chi connectivity index (χ0v) is 17.0. The second kappa shape index (κ2) is 18.6. The lowest BCUT2D eigenvalue weighted by Gasteiger charge is -2.12. The van der Waals surface area contributed by atoms with Gasteiger partial charge in [0.15, 0.2) is 0 Å². The van der Waals surface area contributed by atoms with E-state index in [2.05, 4.69) is 21.3 Å². The first-order valence-corrected chi connectivity index (χ1v) is 9.24. The average Bonchev–Trinajstić information content (AvgIpc) is 2.68. The highest BCUT2D eigenvalue weighted by molar-refractivity contribution is 5.87. The molecule has 0 aliphatic rings. The van der Waals surface area contributed by atoms with E-state index in [1.807, 2.05) is 7.05 Å². The minimum atomic E-state index is -0.615. The molecule has 3 amide bonds. The third-order valence-corrected chi connectivity index (χ3v) is 3.29. The molecule has 0 aromatic carbocycles. The maximum Gasteiger partial charge on any atom is 0.246 e. The van der Waals surface area contributed by atoms with Crippen LogP contribution in [0.4, 0.5) is 0 Å². The summed E-state index contributed by atoms with van der Waals surface area (Å²) in [6.07, 6.45) is 0. The van der Waals surface area contributed by atoms with Crippen molar-refractivity contribution in [1.29, 1.82) is 0 Å². The summed E-state index contributed by atoms with van der Waals surface area (Å²) in [6.45, 7) is 4.77. The predicted molar refractivity (Wildman–Crippen MR) is 102 cm³/mol. The monoisotopic (exact) mass is 406 g/mol. The van der Waals surface area contributed by atoms with Crippen molar-refractivity contribution in [3.63, 3.8) is 0 Å². The van der Waals surface area contributed by atoms with Crippen LogP contribution in [0, 0.1) is 0 Å². The summed E-state index contributed by atoms with van der Waals surface area (Å²) in [7, 11) is 3.34. The van der Waals surface area contributed by atoms with E-state index in [-0.39, 0.29) is 44.1 Å². The fourth-order valence-electron chi connectivity index (χ4n) is 1.82. The van der Waals surface area contributed by atoms with Crippen LogP contribution in [0.25, 0.3) is 0 Å². The van der Waals surface area contributed by atoms with E-state index in [0.29, 0.717) is 33.0 Å². The minimum Gasteiger partial charge on any atom is -0.378 e. The van der Waals surface area contributed by atoms with Crippen molar-refractivity contribution in [1.82, 2.24) is 21.3 Å². The highest BCUT2D eigenvalue weighted by atomic mass is 16.5. The zero-order valence-electron chi connectivity index (χ0n) is 17.0. The molecule has 0 aromatic rings. The van der Waals surface area contributed by atoms with Gasteiger partial charge in [0, 0.05) is 20.1 Å². The lowest BCUT2D eigenvalue weighted by Crippen LogP contribution is -2.44. The van der Waals surface area contributed by atoms with E-state index >= 15 is 0 Å². The summed E-state index contributed by atoms with van der Waals surface area (Å²) in [4.78, 5) is 34.3. The molecule has 11 heteroatoms. The molecular formula is C17H34N4O7. The number of ether oxygens (including phenoxy) is 4. The minimum absolute atomic E-state index is 0.0257. The molecule has 0 aliphatic carbocycles. The molecule has 0 radical (unpaired) electrons. The Kier molecular flexibility index (Phi) is 17.4. The molecule has 0 saturated heterocycles. The topological polar surface area (TPSA) is 136 Å². The summed E-state index contributed by atoms with van der Waals surface area (Å²) in [5.41, 5.74) is 0. The molecule has 0 rings (SSSR count). The van der Waals surface area contributed by atoms with Crippen molar-refractivity contribution in [2.24, 2.45) is 0 Å². The quantitative estimate of drug-likeness (QED) is 0.186. The number of carbonyl (C=O) groups is 3. The van der Waals surface area contributed by atoms with E-state index in [9.17, 15) is 14.4 Å². The van der Waals surface area contributed by atoms with Gasteiger partial charge < -0.3 is 40.2 Å². The van der Waals surface area contributed by atoms with Crippen LogP contribution in [0.5, 0.6) is 0 Å². The van der Waals surface area contributed by atoms with E-state index in [4.69, 9.17) is 18.9 Å². The Morgan fingerprint density at radius 3 is 1.86 bits per heavy atom. The molecule has 0 aromatic heterocycles. The maximum absolute atomic E-state index is 11.5. The normalized spacial score (nSPS) is 11.7. The van der Waals surface area contributed by atoms with Gasteiger partial charge >= 0.3 is 0 Å². The number of likely N-dealkylation sites (N-methyl/N-ethyl adjacent to an activating group) is 2. The van der Waals surface area contributed by atoms with E-state index in [1.54, 1.807) is 6.92 Å². The first kappa shape index (κ1) is 26.2. The van der Waals surface area contributed by atoms with Crippen molar-refractivity contribution >= 4 is 17.7 Å². The van der Waals surface area contributed by atoms with Crippen LogP contribution >= 0.6 is 0 Å². The Hall–Kier alpha value is -1.79. The maximum atomic E-state index is 11.5. The standard InChI is InChI=1S/C17H34N4O7/c1-14(17(24)19-3)21-16(23)13-28-11-9-26-7-5-20-15(22)12-27-10-8-25-6-4-18-2/h14,18H,4-13H2,1-3H3,(H,19,24)(H,20,22)(H,21,23). The van der Waals surface area contributed by atoms with Crippen molar-refractivity contribution in [3.8, 4) is 0 Å². The molecule has 1 unspecified atom stereocenters. The van der Waals surface area contributed by atoms with Crippen LogP contribution in [0.3, 0.4) is 0 Å². The molecule has 4 N–H and O–H groups in total. The van der Waals surface area contributed by atoms with Gasteiger partial charge in [0.25, 0.3) is 0 Å². The third kappa shape index (κ3) is 16.4. The van der Waals surface area contributed by atoms with Crippen LogP contribution in [0.2, 0.25) is 0 Å². The first-order valence-electron chi connectivity index (χ1n) is 9.24. The molecule has 0 spiro atoms. The van der Waals surface area contributed by atoms with E-state index in [1.165, 1.54) is 7.05 Å². The Bertz CT molecular complexity index is 438. The van der Waals surface area contributed by atoms with Crippen molar-refractivity contribution in [3.05, 3.63) is 0 Å². The van der Waals surface area contributed by atoms with Gasteiger partial charge in [-0.05, 0) is 14.0 Å². The summed E-state index contributed by atoms with van der Waals surface area (Å²) in [6, 6.07) is -0.615. The van der Waals surface area contributed by atoms with Crippen molar-refractivity contribution < 1.29 is 33.3 Å². The molecule has 0 fully saturated rings. The average molecular weight is 406 g/mol. The van der Waals surface area contributed by atoms with Crippen LogP contribution in [0.15, 0.2) is 0 Å². The first-order chi connectivity index (χ1) is 13.5. The highest BCUT2D eigenvalue weighted by Crippen LogP contribution is 1.84. The fraction of sp³-hybridized carbons (Fsp3) is 0.824. The smallest absolute Gasteiger partial charge is 0.246 e. The Morgan fingerprint density at radius 1 is 0.750 bits per heavy atom. The van der Waals surface area contributed by atoms with Gasteiger partial charge in [-0.3, -0.25) is 14.4 Å². The molecule has 0 saturated carbocycles. The largest absolute Gasteiger partial charge is 0.378 e. The predicted octanol–water partition coefficient (Wildman–Crippen LogP) is -2.36. The van der Waals surface area contributed by atoms with Crippen LogP contribution < -0.4 is 21.3 Å². The van der Waals surface area contributed by atoms with Crippen LogP contribution in [0.1, 0.15) is 6.92 Å². The molecule has 0 bridgehead atoms. The van der Waals surface area contributed by atoms with Gasteiger partial charge in [0.1, 0.15) is 19.3 Å². The Morgan fingerprint density at radius 2 is 1.29 bits per heavy atom. The molecule has 0 heterocycles. The summed E-state index contributed by atoms with van der Waals surface area (Å²) in [5, 5.41) is 10.6.